The first kappa shape index (κ1) is 11.1. The van der Waals surface area contributed by atoms with E-state index in [-0.39, 0.29) is 0 Å². The second-order valence-electron chi connectivity index (χ2n) is 6.32. The molecular weight excluding hydrogens is 156 g/mol. The van der Waals surface area contributed by atoms with E-state index in [0.29, 0.717) is 10.8 Å². The Bertz CT molecular complexity index is 160. The highest BCUT2D eigenvalue weighted by atomic mass is 14.7. The summed E-state index contributed by atoms with van der Waals surface area (Å²) in [4.78, 5) is 0. The molecule has 1 aliphatic rings. The van der Waals surface area contributed by atoms with Crippen molar-refractivity contribution in [2.45, 2.75) is 60.8 Å². The van der Waals surface area contributed by atoms with E-state index in [4.69, 9.17) is 0 Å². The zero-order valence-electron chi connectivity index (χ0n) is 10.3. The Hall–Kier alpha value is 0. The van der Waals surface area contributed by atoms with E-state index in [1.807, 2.05) is 0 Å². The van der Waals surface area contributed by atoms with Crippen molar-refractivity contribution in [1.82, 2.24) is 0 Å². The Labute approximate surface area is 84.1 Å². The van der Waals surface area contributed by atoms with Gasteiger partial charge < -0.3 is 0 Å². The van der Waals surface area contributed by atoms with Gasteiger partial charge in [0.05, 0.1) is 0 Å². The van der Waals surface area contributed by atoms with Crippen molar-refractivity contribution < 1.29 is 0 Å². The summed E-state index contributed by atoms with van der Waals surface area (Å²) in [5.74, 6) is 1.85. The molecule has 0 amide bonds. The van der Waals surface area contributed by atoms with Gasteiger partial charge in [0, 0.05) is 0 Å². The molecule has 1 aliphatic carbocycles. The second kappa shape index (κ2) is 3.29. The van der Waals surface area contributed by atoms with E-state index in [0.717, 1.165) is 11.8 Å². The van der Waals surface area contributed by atoms with Crippen molar-refractivity contribution >= 4 is 0 Å². The van der Waals surface area contributed by atoms with Crippen LogP contribution >= 0.6 is 0 Å². The van der Waals surface area contributed by atoms with Crippen LogP contribution in [-0.4, -0.2) is 0 Å². The molecule has 0 spiro atoms. The van der Waals surface area contributed by atoms with Gasteiger partial charge in [0.1, 0.15) is 0 Å². The fourth-order valence-corrected chi connectivity index (χ4v) is 2.79. The van der Waals surface area contributed by atoms with E-state index in [2.05, 4.69) is 41.5 Å². The zero-order valence-corrected chi connectivity index (χ0v) is 10.3. The molecule has 78 valence electrons. The summed E-state index contributed by atoms with van der Waals surface area (Å²) in [7, 11) is 0. The predicted octanol–water partition coefficient (Wildman–Crippen LogP) is 4.49. The Morgan fingerprint density at radius 3 is 1.77 bits per heavy atom. The molecule has 0 aromatic carbocycles. The highest BCUT2D eigenvalue weighted by Crippen LogP contribution is 2.70. The van der Waals surface area contributed by atoms with Gasteiger partial charge >= 0.3 is 0 Å². The van der Waals surface area contributed by atoms with Gasteiger partial charge in [-0.2, -0.15) is 0 Å². The minimum absolute atomic E-state index is 0.601. The fourth-order valence-electron chi connectivity index (χ4n) is 2.79. The number of hydrogen-bond acceptors (Lipinski definition) is 0. The van der Waals surface area contributed by atoms with E-state index in [1.165, 1.54) is 19.3 Å². The molecule has 0 N–H and O–H groups in total. The van der Waals surface area contributed by atoms with E-state index in [1.54, 1.807) is 0 Å². The highest BCUT2D eigenvalue weighted by molar-refractivity contribution is 5.11. The average molecular weight is 182 g/mol. The third kappa shape index (κ3) is 1.92. The molecule has 0 heteroatoms. The number of rotatable bonds is 4. The topological polar surface area (TPSA) is 0 Å². The molecule has 1 fully saturated rings. The van der Waals surface area contributed by atoms with Gasteiger partial charge in [-0.15, -0.1) is 0 Å². The van der Waals surface area contributed by atoms with Crippen molar-refractivity contribution in [1.29, 1.82) is 0 Å². The molecule has 0 radical (unpaired) electrons. The molecule has 0 aliphatic heterocycles. The van der Waals surface area contributed by atoms with Crippen LogP contribution in [0.2, 0.25) is 0 Å². The monoisotopic (exact) mass is 182 g/mol. The minimum Gasteiger partial charge on any atom is -0.0628 e. The molecule has 1 saturated carbocycles. The summed E-state index contributed by atoms with van der Waals surface area (Å²) in [5.41, 5.74) is 1.20. The van der Waals surface area contributed by atoms with Crippen molar-refractivity contribution in [2.24, 2.45) is 22.7 Å². The molecule has 0 aromatic rings. The molecule has 0 nitrogen and oxygen atoms in total. The molecular formula is C13H26. The maximum Gasteiger partial charge on any atom is -0.0266 e. The first-order valence-corrected chi connectivity index (χ1v) is 5.80. The third-order valence-electron chi connectivity index (χ3n) is 4.59. The van der Waals surface area contributed by atoms with Crippen LogP contribution in [0.4, 0.5) is 0 Å². The summed E-state index contributed by atoms with van der Waals surface area (Å²) >= 11 is 0. The van der Waals surface area contributed by atoms with Crippen molar-refractivity contribution in [3.05, 3.63) is 0 Å². The van der Waals surface area contributed by atoms with Crippen molar-refractivity contribution in [2.75, 3.05) is 0 Å². The summed E-state index contributed by atoms with van der Waals surface area (Å²) < 4.78 is 0. The zero-order chi connectivity index (χ0) is 10.3. The van der Waals surface area contributed by atoms with Gasteiger partial charge in [0.25, 0.3) is 0 Å². The van der Waals surface area contributed by atoms with E-state index in [9.17, 15) is 0 Å². The second-order valence-corrected chi connectivity index (χ2v) is 6.32. The average Bonchev–Trinajstić information content (AvgIpc) is 2.30. The van der Waals surface area contributed by atoms with Crippen LogP contribution in [0, 0.1) is 22.7 Å². The molecule has 0 unspecified atom stereocenters. The lowest BCUT2D eigenvalue weighted by Crippen LogP contribution is -1.95. The lowest BCUT2D eigenvalue weighted by atomic mass is 10.0. The Balaban J connectivity index is 2.26. The van der Waals surface area contributed by atoms with Gasteiger partial charge in [-0.25, -0.2) is 0 Å². The molecule has 0 aromatic heterocycles. The predicted molar refractivity (Wildman–Crippen MR) is 59.7 cm³/mol. The first-order chi connectivity index (χ1) is 5.80. The Kier molecular flexibility index (Phi) is 2.81. The van der Waals surface area contributed by atoms with Crippen LogP contribution in [0.15, 0.2) is 0 Å². The quantitative estimate of drug-likeness (QED) is 0.600. The minimum atomic E-state index is 0.601. The summed E-state index contributed by atoms with van der Waals surface area (Å²) in [6.45, 7) is 14.3. The normalized spacial score (nSPS) is 25.2. The molecule has 1 rings (SSSR count). The molecule has 0 heterocycles. The van der Waals surface area contributed by atoms with Crippen LogP contribution in [0.25, 0.3) is 0 Å². The summed E-state index contributed by atoms with van der Waals surface area (Å²) in [6.07, 6.45) is 4.27. The maximum atomic E-state index is 2.42. The van der Waals surface area contributed by atoms with Crippen LogP contribution in [0.1, 0.15) is 60.8 Å². The van der Waals surface area contributed by atoms with Crippen LogP contribution < -0.4 is 0 Å². The number of hydrogen-bond donors (Lipinski definition) is 0. The Morgan fingerprint density at radius 1 is 1.00 bits per heavy atom. The SMILES string of the molecule is CC(C)CCCC1C(C)(C)C1(C)C. The third-order valence-corrected chi connectivity index (χ3v) is 4.59. The highest BCUT2D eigenvalue weighted by Gasteiger charge is 2.63. The van der Waals surface area contributed by atoms with Crippen LogP contribution in [0.5, 0.6) is 0 Å². The summed E-state index contributed by atoms with van der Waals surface area (Å²) in [6, 6.07) is 0. The van der Waals surface area contributed by atoms with Gasteiger partial charge in [-0.1, -0.05) is 54.4 Å². The van der Waals surface area contributed by atoms with E-state index >= 15 is 0 Å². The molecule has 0 bridgehead atoms. The smallest absolute Gasteiger partial charge is 0.0266 e. The van der Waals surface area contributed by atoms with Gasteiger partial charge in [0.2, 0.25) is 0 Å². The lowest BCUT2D eigenvalue weighted by molar-refractivity contribution is 0.457. The maximum absolute atomic E-state index is 2.42. The van der Waals surface area contributed by atoms with Gasteiger partial charge in [-0.05, 0) is 29.1 Å². The molecule has 0 atom stereocenters. The van der Waals surface area contributed by atoms with Crippen LogP contribution in [0.3, 0.4) is 0 Å². The fraction of sp³-hybridized carbons (Fsp3) is 1.00. The van der Waals surface area contributed by atoms with Gasteiger partial charge in [-0.3, -0.25) is 0 Å². The molecule has 0 saturated heterocycles. The van der Waals surface area contributed by atoms with E-state index < -0.39 is 0 Å². The van der Waals surface area contributed by atoms with Gasteiger partial charge in [0.15, 0.2) is 0 Å². The van der Waals surface area contributed by atoms with Crippen molar-refractivity contribution in [3.8, 4) is 0 Å². The van der Waals surface area contributed by atoms with Crippen molar-refractivity contribution in [3.63, 3.8) is 0 Å². The summed E-state index contributed by atoms with van der Waals surface area (Å²) in [5, 5.41) is 0. The Morgan fingerprint density at radius 2 is 1.46 bits per heavy atom. The lowest BCUT2D eigenvalue weighted by Gasteiger charge is -2.05. The standard InChI is InChI=1S/C13H26/c1-10(2)8-7-9-11-12(3,4)13(11,5)6/h10-11H,7-9H2,1-6H3. The largest absolute Gasteiger partial charge is 0.0628 e. The first-order valence-electron chi connectivity index (χ1n) is 5.80. The molecule has 13 heavy (non-hydrogen) atoms. The van der Waals surface area contributed by atoms with Crippen LogP contribution in [-0.2, 0) is 0 Å².